The number of aromatic nitrogens is 1. The molecule has 0 spiro atoms. The molecule has 2 atom stereocenters. The fourth-order valence-electron chi connectivity index (χ4n) is 2.99. The van der Waals surface area contributed by atoms with Crippen molar-refractivity contribution in [2.75, 3.05) is 0 Å². The molecule has 3 heteroatoms. The molecule has 2 nitrogen and oxygen atoms in total. The molecule has 112 valence electrons. The lowest BCUT2D eigenvalue weighted by atomic mass is 9.98. The van der Waals surface area contributed by atoms with Crippen molar-refractivity contribution >= 4 is 11.6 Å². The Bertz CT molecular complexity index is 597. The van der Waals surface area contributed by atoms with Gasteiger partial charge in [-0.3, -0.25) is 4.98 Å². The van der Waals surface area contributed by atoms with Gasteiger partial charge in [0.15, 0.2) is 0 Å². The minimum absolute atomic E-state index is 0.253. The largest absolute Gasteiger partial charge is 0.304 e. The first-order valence-corrected chi connectivity index (χ1v) is 7.72. The molecule has 0 amide bonds. The number of rotatable bonds is 4. The van der Waals surface area contributed by atoms with Crippen molar-refractivity contribution in [2.45, 2.75) is 46.7 Å². The normalized spacial score (nSPS) is 14.0. The molecule has 0 aliphatic heterocycles. The van der Waals surface area contributed by atoms with Crippen LogP contribution in [0.3, 0.4) is 0 Å². The highest BCUT2D eigenvalue weighted by Crippen LogP contribution is 2.25. The fourth-order valence-corrected chi connectivity index (χ4v) is 3.12. The van der Waals surface area contributed by atoms with Crippen LogP contribution in [0.1, 0.15) is 54.0 Å². The maximum atomic E-state index is 5.95. The van der Waals surface area contributed by atoms with Gasteiger partial charge in [0, 0.05) is 28.5 Å². The van der Waals surface area contributed by atoms with Crippen LogP contribution in [-0.4, -0.2) is 4.98 Å². The number of benzene rings is 1. The molecule has 1 aromatic carbocycles. The van der Waals surface area contributed by atoms with Crippen LogP contribution in [0.5, 0.6) is 0 Å². The number of pyridine rings is 1. The highest BCUT2D eigenvalue weighted by atomic mass is 35.5. The van der Waals surface area contributed by atoms with Crippen molar-refractivity contribution in [1.29, 1.82) is 0 Å². The van der Waals surface area contributed by atoms with Crippen LogP contribution in [0.2, 0.25) is 5.02 Å². The summed E-state index contributed by atoms with van der Waals surface area (Å²) in [7, 11) is 0. The van der Waals surface area contributed by atoms with Gasteiger partial charge in [-0.15, -0.1) is 0 Å². The lowest BCUT2D eigenvalue weighted by molar-refractivity contribution is 0.490. The van der Waals surface area contributed by atoms with E-state index in [0.29, 0.717) is 0 Å². The quantitative estimate of drug-likeness (QED) is 0.852. The first-order valence-electron chi connectivity index (χ1n) is 7.34. The van der Waals surface area contributed by atoms with Crippen LogP contribution >= 0.6 is 11.6 Å². The van der Waals surface area contributed by atoms with Gasteiger partial charge in [0.25, 0.3) is 0 Å². The number of hydrogen-bond acceptors (Lipinski definition) is 2. The van der Waals surface area contributed by atoms with Crippen LogP contribution in [-0.2, 0) is 0 Å². The lowest BCUT2D eigenvalue weighted by Gasteiger charge is -2.23. The summed E-state index contributed by atoms with van der Waals surface area (Å²) in [5.41, 5.74) is 6.01. The Kier molecular flexibility index (Phi) is 5.02. The monoisotopic (exact) mass is 302 g/mol. The summed E-state index contributed by atoms with van der Waals surface area (Å²) in [5, 5.41) is 4.42. The van der Waals surface area contributed by atoms with E-state index in [1.807, 2.05) is 19.1 Å². The zero-order valence-electron chi connectivity index (χ0n) is 13.4. The average Bonchev–Trinajstić information content (AvgIpc) is 2.37. The van der Waals surface area contributed by atoms with Crippen molar-refractivity contribution in [1.82, 2.24) is 10.3 Å². The second-order valence-corrected chi connectivity index (χ2v) is 6.18. The molecular formula is C18H23ClN2. The lowest BCUT2D eigenvalue weighted by Crippen LogP contribution is -2.24. The van der Waals surface area contributed by atoms with Gasteiger partial charge in [-0.05, 0) is 69.5 Å². The van der Waals surface area contributed by atoms with Crippen molar-refractivity contribution in [2.24, 2.45) is 0 Å². The average molecular weight is 303 g/mol. The molecule has 2 rings (SSSR count). The second kappa shape index (κ2) is 6.59. The third kappa shape index (κ3) is 3.84. The molecule has 1 heterocycles. The van der Waals surface area contributed by atoms with Gasteiger partial charge in [0.2, 0.25) is 0 Å². The van der Waals surface area contributed by atoms with E-state index in [2.05, 4.69) is 56.2 Å². The van der Waals surface area contributed by atoms with Gasteiger partial charge in [-0.2, -0.15) is 0 Å². The summed E-state index contributed by atoms with van der Waals surface area (Å²) < 4.78 is 0. The van der Waals surface area contributed by atoms with Crippen molar-refractivity contribution in [3.05, 3.63) is 63.4 Å². The topological polar surface area (TPSA) is 24.9 Å². The van der Waals surface area contributed by atoms with Crippen LogP contribution in [0, 0.1) is 20.8 Å². The zero-order valence-corrected chi connectivity index (χ0v) is 14.1. The van der Waals surface area contributed by atoms with Crippen LogP contribution in [0.15, 0.2) is 30.3 Å². The smallest absolute Gasteiger partial charge is 0.0426 e. The van der Waals surface area contributed by atoms with Gasteiger partial charge in [0.1, 0.15) is 0 Å². The molecule has 21 heavy (non-hydrogen) atoms. The Labute approximate surface area is 132 Å². The molecule has 1 unspecified atom stereocenters. The van der Waals surface area contributed by atoms with Gasteiger partial charge in [-0.1, -0.05) is 23.7 Å². The van der Waals surface area contributed by atoms with Gasteiger partial charge in [0.05, 0.1) is 0 Å². The van der Waals surface area contributed by atoms with Crippen LogP contribution < -0.4 is 5.32 Å². The van der Waals surface area contributed by atoms with E-state index in [-0.39, 0.29) is 12.1 Å². The molecule has 2 aromatic rings. The first kappa shape index (κ1) is 16.0. The van der Waals surface area contributed by atoms with Crippen molar-refractivity contribution < 1.29 is 0 Å². The Hall–Kier alpha value is -1.38. The highest BCUT2D eigenvalue weighted by Gasteiger charge is 2.16. The molecule has 0 aliphatic carbocycles. The Balaban J connectivity index is 2.18. The maximum Gasteiger partial charge on any atom is 0.0426 e. The van der Waals surface area contributed by atoms with E-state index in [1.165, 1.54) is 16.7 Å². The Morgan fingerprint density at radius 3 is 2.19 bits per heavy atom. The van der Waals surface area contributed by atoms with E-state index < -0.39 is 0 Å². The Morgan fingerprint density at radius 2 is 1.62 bits per heavy atom. The van der Waals surface area contributed by atoms with E-state index in [0.717, 1.165) is 16.4 Å². The fraction of sp³-hybridized carbons (Fsp3) is 0.389. The van der Waals surface area contributed by atoms with E-state index >= 15 is 0 Å². The summed E-state index contributed by atoms with van der Waals surface area (Å²) in [6.45, 7) is 10.6. The standard InChI is InChI=1S/C18H23ClN2/c1-11-10-12(2)20-14(4)18(11)15(5)21-13(3)16-6-8-17(19)9-7-16/h6-10,13,15,21H,1-5H3/t13-,15?/m1/s1. The molecule has 0 bridgehead atoms. The van der Waals surface area contributed by atoms with E-state index in [1.54, 1.807) is 0 Å². The van der Waals surface area contributed by atoms with Crippen LogP contribution in [0.25, 0.3) is 0 Å². The third-order valence-corrected chi connectivity index (χ3v) is 4.14. The Morgan fingerprint density at radius 1 is 1.00 bits per heavy atom. The first-order chi connectivity index (χ1) is 9.88. The number of halogens is 1. The van der Waals surface area contributed by atoms with Gasteiger partial charge in [-0.25, -0.2) is 0 Å². The summed E-state index contributed by atoms with van der Waals surface area (Å²) in [6.07, 6.45) is 0. The predicted octanol–water partition coefficient (Wildman–Crippen LogP) is 5.07. The molecule has 0 fully saturated rings. The SMILES string of the molecule is Cc1cc(C)c(C(C)N[C@H](C)c2ccc(Cl)cc2)c(C)n1. The zero-order chi connectivity index (χ0) is 15.6. The van der Waals surface area contributed by atoms with E-state index in [4.69, 9.17) is 11.6 Å². The third-order valence-electron chi connectivity index (χ3n) is 3.89. The molecule has 1 N–H and O–H groups in total. The number of nitrogens with zero attached hydrogens (tertiary/aromatic N) is 1. The summed E-state index contributed by atoms with van der Waals surface area (Å²) in [5.74, 6) is 0. The summed E-state index contributed by atoms with van der Waals surface area (Å²) in [4.78, 5) is 4.59. The van der Waals surface area contributed by atoms with Crippen molar-refractivity contribution in [3.8, 4) is 0 Å². The molecular weight excluding hydrogens is 280 g/mol. The summed E-state index contributed by atoms with van der Waals surface area (Å²) in [6, 6.07) is 10.7. The van der Waals surface area contributed by atoms with Crippen molar-refractivity contribution in [3.63, 3.8) is 0 Å². The second-order valence-electron chi connectivity index (χ2n) is 5.74. The summed E-state index contributed by atoms with van der Waals surface area (Å²) >= 11 is 5.95. The molecule has 0 saturated carbocycles. The minimum atomic E-state index is 0.253. The van der Waals surface area contributed by atoms with Gasteiger partial charge < -0.3 is 5.32 Å². The van der Waals surface area contributed by atoms with Gasteiger partial charge >= 0.3 is 0 Å². The minimum Gasteiger partial charge on any atom is -0.304 e. The molecule has 0 radical (unpaired) electrons. The van der Waals surface area contributed by atoms with Crippen LogP contribution in [0.4, 0.5) is 0 Å². The molecule has 1 aromatic heterocycles. The maximum absolute atomic E-state index is 5.95. The molecule has 0 saturated heterocycles. The number of aryl methyl sites for hydroxylation is 3. The molecule has 0 aliphatic rings. The number of hydrogen-bond donors (Lipinski definition) is 1. The predicted molar refractivity (Wildman–Crippen MR) is 89.9 cm³/mol. The number of nitrogens with one attached hydrogen (secondary N) is 1. The van der Waals surface area contributed by atoms with E-state index in [9.17, 15) is 0 Å². The highest BCUT2D eigenvalue weighted by molar-refractivity contribution is 6.30.